The first-order chi connectivity index (χ1) is 9.89. The van der Waals surface area contributed by atoms with E-state index in [2.05, 4.69) is 25.8 Å². The molecule has 1 fully saturated rings. The van der Waals surface area contributed by atoms with Crippen LogP contribution >= 0.6 is 11.6 Å². The van der Waals surface area contributed by atoms with Crippen LogP contribution in [-0.2, 0) is 0 Å². The van der Waals surface area contributed by atoms with E-state index in [0.29, 0.717) is 16.5 Å². The van der Waals surface area contributed by atoms with Crippen molar-refractivity contribution in [3.8, 4) is 0 Å². The Hall–Kier alpha value is -0.570. The molecule has 0 heterocycles. The van der Waals surface area contributed by atoms with Crippen LogP contribution in [0.25, 0.3) is 0 Å². The molecule has 1 aliphatic rings. The monoisotopic (exact) mass is 309 g/mol. The lowest BCUT2D eigenvalue weighted by molar-refractivity contribution is 0.101. The topological polar surface area (TPSA) is 23.5 Å². The van der Waals surface area contributed by atoms with E-state index in [-0.39, 0.29) is 0 Å². The van der Waals surface area contributed by atoms with Gasteiger partial charge >= 0.3 is 0 Å². The Morgan fingerprint density at radius 1 is 1.29 bits per heavy atom. The highest BCUT2D eigenvalue weighted by Crippen LogP contribution is 2.36. The second kappa shape index (κ2) is 7.13. The van der Waals surface area contributed by atoms with Crippen molar-refractivity contribution < 1.29 is 5.11 Å². The lowest BCUT2D eigenvalue weighted by Crippen LogP contribution is -2.38. The van der Waals surface area contributed by atoms with E-state index < -0.39 is 6.10 Å². The molecule has 2 rings (SSSR count). The third-order valence-electron chi connectivity index (χ3n) is 4.95. The molecule has 1 aromatic carbocycles. The molecule has 3 heteroatoms. The van der Waals surface area contributed by atoms with Crippen molar-refractivity contribution in [1.82, 2.24) is 4.90 Å². The number of hydrogen-bond acceptors (Lipinski definition) is 2. The summed E-state index contributed by atoms with van der Waals surface area (Å²) < 4.78 is 0. The standard InChI is InChI=1S/C18H28ClNO/c1-18(2)11-8-14(9-12-18)20(3)13-10-17(21)15-6-4-5-7-16(15)19/h4-7,14,17,21H,8-13H2,1-3H3. The lowest BCUT2D eigenvalue weighted by Gasteiger charge is -2.38. The molecule has 1 aliphatic carbocycles. The number of hydrogen-bond donors (Lipinski definition) is 1. The molecule has 0 saturated heterocycles. The normalized spacial score (nSPS) is 20.7. The van der Waals surface area contributed by atoms with Crippen molar-refractivity contribution >= 4 is 11.6 Å². The van der Waals surface area contributed by atoms with Crippen molar-refractivity contribution in [2.45, 2.75) is 58.1 Å². The Balaban J connectivity index is 1.81. The molecular weight excluding hydrogens is 282 g/mol. The van der Waals surface area contributed by atoms with Gasteiger partial charge in [0.15, 0.2) is 0 Å². The molecule has 0 spiro atoms. The minimum absolute atomic E-state index is 0.471. The SMILES string of the molecule is CN(CCC(O)c1ccccc1Cl)C1CCC(C)(C)CC1. The van der Waals surface area contributed by atoms with Crippen LogP contribution in [0, 0.1) is 5.41 Å². The maximum Gasteiger partial charge on any atom is 0.0816 e. The number of benzene rings is 1. The van der Waals surface area contributed by atoms with Crippen LogP contribution in [-0.4, -0.2) is 29.6 Å². The summed E-state index contributed by atoms with van der Waals surface area (Å²) in [4.78, 5) is 2.41. The largest absolute Gasteiger partial charge is 0.388 e. The fourth-order valence-electron chi connectivity index (χ4n) is 3.23. The summed E-state index contributed by atoms with van der Waals surface area (Å²) in [6.45, 7) is 5.65. The summed E-state index contributed by atoms with van der Waals surface area (Å²) >= 11 is 6.14. The smallest absolute Gasteiger partial charge is 0.0816 e. The summed E-state index contributed by atoms with van der Waals surface area (Å²) in [7, 11) is 2.18. The Bertz CT molecular complexity index is 450. The molecule has 0 aromatic heterocycles. The summed E-state index contributed by atoms with van der Waals surface area (Å²) in [5.74, 6) is 0. The molecule has 0 amide bonds. The maximum atomic E-state index is 10.3. The van der Waals surface area contributed by atoms with Gasteiger partial charge in [-0.3, -0.25) is 0 Å². The van der Waals surface area contributed by atoms with Crippen molar-refractivity contribution in [1.29, 1.82) is 0 Å². The van der Waals surface area contributed by atoms with E-state index >= 15 is 0 Å². The highest BCUT2D eigenvalue weighted by atomic mass is 35.5. The van der Waals surface area contributed by atoms with Crippen LogP contribution in [0.4, 0.5) is 0 Å². The zero-order chi connectivity index (χ0) is 15.5. The quantitative estimate of drug-likeness (QED) is 0.854. The molecule has 0 aliphatic heterocycles. The molecule has 118 valence electrons. The minimum atomic E-state index is -0.471. The molecule has 0 bridgehead atoms. The summed E-state index contributed by atoms with van der Waals surface area (Å²) in [6.07, 6.45) is 5.41. The third kappa shape index (κ3) is 4.70. The second-order valence-electron chi connectivity index (χ2n) is 7.20. The number of halogens is 1. The summed E-state index contributed by atoms with van der Waals surface area (Å²) in [5.41, 5.74) is 1.35. The van der Waals surface area contributed by atoms with Gasteiger partial charge < -0.3 is 10.0 Å². The first-order valence-electron chi connectivity index (χ1n) is 8.02. The van der Waals surface area contributed by atoms with Crippen LogP contribution in [0.15, 0.2) is 24.3 Å². The van der Waals surface area contributed by atoms with Gasteiger partial charge in [0, 0.05) is 17.6 Å². The molecule has 0 radical (unpaired) electrons. The van der Waals surface area contributed by atoms with Gasteiger partial charge in [0.2, 0.25) is 0 Å². The second-order valence-corrected chi connectivity index (χ2v) is 7.61. The van der Waals surface area contributed by atoms with E-state index in [0.717, 1.165) is 18.5 Å². The van der Waals surface area contributed by atoms with Gasteiger partial charge in [-0.2, -0.15) is 0 Å². The first kappa shape index (κ1) is 16.8. The van der Waals surface area contributed by atoms with Crippen molar-refractivity contribution in [2.75, 3.05) is 13.6 Å². The predicted molar refractivity (Wildman–Crippen MR) is 89.7 cm³/mol. The zero-order valence-electron chi connectivity index (χ0n) is 13.5. The fourth-order valence-corrected chi connectivity index (χ4v) is 3.50. The van der Waals surface area contributed by atoms with Crippen LogP contribution in [0.2, 0.25) is 5.02 Å². The van der Waals surface area contributed by atoms with Crippen LogP contribution in [0.1, 0.15) is 57.6 Å². The molecule has 1 saturated carbocycles. The van der Waals surface area contributed by atoms with Gasteiger partial charge in [-0.1, -0.05) is 43.6 Å². The third-order valence-corrected chi connectivity index (χ3v) is 5.30. The Labute approximate surface area is 134 Å². The van der Waals surface area contributed by atoms with Gasteiger partial charge in [-0.25, -0.2) is 0 Å². The van der Waals surface area contributed by atoms with E-state index in [4.69, 9.17) is 11.6 Å². The highest BCUT2D eigenvalue weighted by molar-refractivity contribution is 6.31. The Morgan fingerprint density at radius 2 is 1.90 bits per heavy atom. The van der Waals surface area contributed by atoms with E-state index in [1.807, 2.05) is 24.3 Å². The van der Waals surface area contributed by atoms with E-state index in [1.54, 1.807) is 0 Å². The Morgan fingerprint density at radius 3 is 2.52 bits per heavy atom. The summed E-state index contributed by atoms with van der Waals surface area (Å²) in [5, 5.41) is 11.0. The molecule has 21 heavy (non-hydrogen) atoms. The van der Waals surface area contributed by atoms with Gasteiger partial charge in [0.05, 0.1) is 6.10 Å². The fraction of sp³-hybridized carbons (Fsp3) is 0.667. The van der Waals surface area contributed by atoms with Gasteiger partial charge in [0.1, 0.15) is 0 Å². The predicted octanol–water partition coefficient (Wildman–Crippen LogP) is 4.66. The molecule has 1 atom stereocenters. The number of aliphatic hydroxyl groups excluding tert-OH is 1. The molecule has 1 N–H and O–H groups in total. The Kier molecular flexibility index (Phi) is 5.70. The summed E-state index contributed by atoms with van der Waals surface area (Å²) in [6, 6.07) is 8.24. The number of nitrogens with zero attached hydrogens (tertiary/aromatic N) is 1. The maximum absolute atomic E-state index is 10.3. The zero-order valence-corrected chi connectivity index (χ0v) is 14.2. The van der Waals surface area contributed by atoms with Crippen molar-refractivity contribution in [3.05, 3.63) is 34.9 Å². The van der Waals surface area contributed by atoms with Crippen molar-refractivity contribution in [2.24, 2.45) is 5.41 Å². The lowest BCUT2D eigenvalue weighted by atomic mass is 9.75. The van der Waals surface area contributed by atoms with Gasteiger partial charge in [-0.05, 0) is 56.2 Å². The van der Waals surface area contributed by atoms with Gasteiger partial charge in [-0.15, -0.1) is 0 Å². The molecule has 1 unspecified atom stereocenters. The van der Waals surface area contributed by atoms with Gasteiger partial charge in [0.25, 0.3) is 0 Å². The van der Waals surface area contributed by atoms with Crippen molar-refractivity contribution in [3.63, 3.8) is 0 Å². The van der Waals surface area contributed by atoms with Crippen LogP contribution in [0.3, 0.4) is 0 Å². The first-order valence-corrected chi connectivity index (χ1v) is 8.39. The number of rotatable bonds is 5. The van der Waals surface area contributed by atoms with E-state index in [9.17, 15) is 5.11 Å². The number of aliphatic hydroxyl groups is 1. The minimum Gasteiger partial charge on any atom is -0.388 e. The molecule has 1 aromatic rings. The average molecular weight is 310 g/mol. The molecular formula is C18H28ClNO. The van der Waals surface area contributed by atoms with E-state index in [1.165, 1.54) is 25.7 Å². The molecule has 2 nitrogen and oxygen atoms in total. The average Bonchev–Trinajstić information content (AvgIpc) is 2.45. The van der Waals surface area contributed by atoms with Crippen LogP contribution < -0.4 is 0 Å². The van der Waals surface area contributed by atoms with Crippen LogP contribution in [0.5, 0.6) is 0 Å². The highest BCUT2D eigenvalue weighted by Gasteiger charge is 2.28.